The van der Waals surface area contributed by atoms with E-state index >= 15 is 0 Å². The Kier molecular flexibility index (Phi) is 68.0. The Hall–Kier alpha value is -4.28. The standard InChI is InChI=1S/C79H136O17P2/c1-5-9-13-17-21-25-29-33-35-36-38-41-44-48-52-56-60-64-77(82)90-70-75(96-79(84)66-62-58-54-50-46-42-37-34-30-26-22-18-14-10-6-2)72-94-98(87,88)92-68-73(80)67-91-97(85,86)93-71-74(95-78(83)65-61-57-53-49-45-40-32-28-24-20-16-12-8-4)69-89-76(81)63-59-55-51-47-43-39-31-27-23-19-15-11-7-3/h9,13,21-22,25-28,31-35,37-38,41,48,52,73-75,80H,5-8,10-12,14-20,23-24,29-30,36,39-40,42-47,49-51,53-72H2,1-4H3,(H,85,86)(H,87,88)/b13-9-,25-21-,26-22-,31-27-,32-28-,35-33-,37-34-,41-38-,52-48-. The molecule has 0 aromatic rings. The third-order valence-corrected chi connectivity index (χ3v) is 17.6. The molecule has 0 saturated heterocycles. The molecule has 98 heavy (non-hydrogen) atoms. The van der Waals surface area contributed by atoms with Crippen LogP contribution in [0.3, 0.4) is 0 Å². The van der Waals surface area contributed by atoms with Crippen LogP contribution in [0.2, 0.25) is 0 Å². The molecule has 0 rings (SSSR count). The number of carbonyl (C=O) groups is 4. The van der Waals surface area contributed by atoms with Gasteiger partial charge < -0.3 is 33.8 Å². The molecule has 0 amide bonds. The Balaban J connectivity index is 5.41. The Morgan fingerprint density at radius 2 is 0.541 bits per heavy atom. The summed E-state index contributed by atoms with van der Waals surface area (Å²) < 4.78 is 68.4. The van der Waals surface area contributed by atoms with E-state index in [1.54, 1.807) is 0 Å². The zero-order valence-corrected chi connectivity index (χ0v) is 63.2. The van der Waals surface area contributed by atoms with Crippen LogP contribution in [0.25, 0.3) is 0 Å². The molecule has 5 unspecified atom stereocenters. The highest BCUT2D eigenvalue weighted by Gasteiger charge is 2.30. The molecule has 0 fully saturated rings. The van der Waals surface area contributed by atoms with Gasteiger partial charge in [-0.25, -0.2) is 9.13 Å². The number of phosphoric acid groups is 2. The van der Waals surface area contributed by atoms with Crippen molar-refractivity contribution in [1.29, 1.82) is 0 Å². The summed E-state index contributed by atoms with van der Waals surface area (Å²) in [5.41, 5.74) is 0. The summed E-state index contributed by atoms with van der Waals surface area (Å²) in [6.45, 7) is 4.61. The molecule has 0 heterocycles. The van der Waals surface area contributed by atoms with E-state index in [1.807, 2.05) is 12.2 Å². The topological polar surface area (TPSA) is 237 Å². The SMILES string of the molecule is CC/C=C\C/C=C\C/C=C\C/C=C\C/C=C\CCCC(=O)OCC(COP(=O)(O)OCC(O)COP(=O)(O)OCC(COC(=O)CCCCCCC/C=C\CCCCCC)OC(=O)CCCCCCC/C=C\CCCCCC)OC(=O)CCCCCCC/C=C\C/C=C\CCCCC. The van der Waals surface area contributed by atoms with Gasteiger partial charge in [-0.1, -0.05) is 246 Å². The predicted molar refractivity (Wildman–Crippen MR) is 399 cm³/mol. The molecule has 0 saturated carbocycles. The number of aliphatic hydroxyl groups excluding tert-OH is 1. The van der Waals surface area contributed by atoms with Crippen molar-refractivity contribution in [3.63, 3.8) is 0 Å². The highest BCUT2D eigenvalue weighted by atomic mass is 31.2. The summed E-state index contributed by atoms with van der Waals surface area (Å²) in [7, 11) is -9.97. The van der Waals surface area contributed by atoms with E-state index in [9.17, 15) is 43.2 Å². The summed E-state index contributed by atoms with van der Waals surface area (Å²) in [6.07, 6.45) is 75.1. The van der Waals surface area contributed by atoms with E-state index < -0.39 is 97.5 Å². The zero-order chi connectivity index (χ0) is 71.8. The van der Waals surface area contributed by atoms with Crippen molar-refractivity contribution in [3.8, 4) is 0 Å². The molecule has 0 aromatic carbocycles. The lowest BCUT2D eigenvalue weighted by atomic mass is 10.1. The lowest BCUT2D eigenvalue weighted by Gasteiger charge is -2.21. The molecular formula is C79H136O17P2. The minimum absolute atomic E-state index is 0.0652. The molecule has 0 spiro atoms. The first-order valence-electron chi connectivity index (χ1n) is 38.1. The normalized spacial score (nSPS) is 14.6. The number of hydrogen-bond donors (Lipinski definition) is 3. The van der Waals surface area contributed by atoms with Crippen LogP contribution in [0.15, 0.2) is 109 Å². The van der Waals surface area contributed by atoms with Crippen LogP contribution in [0.5, 0.6) is 0 Å². The van der Waals surface area contributed by atoms with E-state index in [0.29, 0.717) is 32.1 Å². The summed E-state index contributed by atoms with van der Waals surface area (Å²) in [6, 6.07) is 0. The molecule has 0 radical (unpaired) electrons. The monoisotopic (exact) mass is 1420 g/mol. The summed E-state index contributed by atoms with van der Waals surface area (Å²) >= 11 is 0. The Labute approximate surface area is 594 Å². The molecule has 0 aromatic heterocycles. The van der Waals surface area contributed by atoms with Gasteiger partial charge in [0.15, 0.2) is 12.2 Å². The second-order valence-electron chi connectivity index (χ2n) is 25.2. The fourth-order valence-corrected chi connectivity index (χ4v) is 11.4. The van der Waals surface area contributed by atoms with Crippen molar-refractivity contribution in [2.45, 2.75) is 329 Å². The number of unbranched alkanes of at least 4 members (excludes halogenated alkanes) is 27. The van der Waals surface area contributed by atoms with Gasteiger partial charge in [-0.05, 0) is 148 Å². The van der Waals surface area contributed by atoms with Crippen molar-refractivity contribution in [2.75, 3.05) is 39.6 Å². The quantitative estimate of drug-likeness (QED) is 0.0169. The van der Waals surface area contributed by atoms with E-state index in [-0.39, 0.29) is 25.7 Å². The highest BCUT2D eigenvalue weighted by molar-refractivity contribution is 7.47. The second-order valence-corrected chi connectivity index (χ2v) is 28.1. The predicted octanol–water partition coefficient (Wildman–Crippen LogP) is 21.8. The molecule has 0 aliphatic carbocycles. The smallest absolute Gasteiger partial charge is 0.462 e. The van der Waals surface area contributed by atoms with Gasteiger partial charge >= 0.3 is 39.5 Å². The van der Waals surface area contributed by atoms with Crippen LogP contribution < -0.4 is 0 Å². The van der Waals surface area contributed by atoms with Gasteiger partial charge in [0.25, 0.3) is 0 Å². The van der Waals surface area contributed by atoms with Crippen molar-refractivity contribution in [3.05, 3.63) is 109 Å². The Morgan fingerprint density at radius 3 is 0.888 bits per heavy atom. The number of aliphatic hydroxyl groups is 1. The highest BCUT2D eigenvalue weighted by Crippen LogP contribution is 2.45. The maximum Gasteiger partial charge on any atom is 0.472 e. The average molecular weight is 1420 g/mol. The minimum Gasteiger partial charge on any atom is -0.462 e. The van der Waals surface area contributed by atoms with E-state index in [1.165, 1.54) is 70.6 Å². The lowest BCUT2D eigenvalue weighted by Crippen LogP contribution is -2.30. The fourth-order valence-electron chi connectivity index (χ4n) is 9.86. The number of phosphoric ester groups is 2. The molecule has 19 heteroatoms. The van der Waals surface area contributed by atoms with Gasteiger partial charge in [-0.15, -0.1) is 0 Å². The number of rotatable bonds is 71. The third-order valence-electron chi connectivity index (χ3n) is 15.7. The van der Waals surface area contributed by atoms with Crippen molar-refractivity contribution < 1.29 is 80.2 Å². The molecule has 0 aliphatic rings. The van der Waals surface area contributed by atoms with Gasteiger partial charge in [0.1, 0.15) is 19.3 Å². The van der Waals surface area contributed by atoms with Gasteiger partial charge in [-0.3, -0.25) is 37.3 Å². The minimum atomic E-state index is -4.99. The third kappa shape index (κ3) is 70.2. The number of ether oxygens (including phenoxy) is 4. The Bertz CT molecular complexity index is 2290. The van der Waals surface area contributed by atoms with E-state index in [4.69, 9.17) is 37.0 Å². The molecule has 3 N–H and O–H groups in total. The number of esters is 4. The number of carbonyl (C=O) groups excluding carboxylic acids is 4. The molecule has 0 bridgehead atoms. The second kappa shape index (κ2) is 71.1. The molecular weight excluding hydrogens is 1280 g/mol. The van der Waals surface area contributed by atoms with Gasteiger partial charge in [0.2, 0.25) is 0 Å². The average Bonchev–Trinajstić information content (AvgIpc) is 1.05. The van der Waals surface area contributed by atoms with Crippen LogP contribution in [0, 0.1) is 0 Å². The molecule has 0 aliphatic heterocycles. The Morgan fingerprint density at radius 1 is 0.296 bits per heavy atom. The summed E-state index contributed by atoms with van der Waals surface area (Å²) in [4.78, 5) is 72.8. The number of allylic oxidation sites excluding steroid dienone is 18. The van der Waals surface area contributed by atoms with Crippen LogP contribution >= 0.6 is 15.6 Å². The molecule has 5 atom stereocenters. The first kappa shape index (κ1) is 93.7. The lowest BCUT2D eigenvalue weighted by molar-refractivity contribution is -0.161. The van der Waals surface area contributed by atoms with Crippen LogP contribution in [0.1, 0.15) is 310 Å². The van der Waals surface area contributed by atoms with Gasteiger partial charge in [-0.2, -0.15) is 0 Å². The molecule has 17 nitrogen and oxygen atoms in total. The summed E-state index contributed by atoms with van der Waals surface area (Å²) in [5.74, 6) is -2.27. The van der Waals surface area contributed by atoms with Crippen LogP contribution in [-0.2, 0) is 65.4 Å². The van der Waals surface area contributed by atoms with Crippen molar-refractivity contribution >= 4 is 39.5 Å². The first-order valence-corrected chi connectivity index (χ1v) is 41.1. The van der Waals surface area contributed by atoms with Gasteiger partial charge in [0.05, 0.1) is 26.4 Å². The largest absolute Gasteiger partial charge is 0.472 e. The maximum atomic E-state index is 13.1. The first-order chi connectivity index (χ1) is 47.7. The van der Waals surface area contributed by atoms with Crippen LogP contribution in [-0.4, -0.2) is 96.7 Å². The molecule has 564 valence electrons. The number of hydrogen-bond acceptors (Lipinski definition) is 15. The fraction of sp³-hybridized carbons (Fsp3) is 0.722. The van der Waals surface area contributed by atoms with E-state index in [0.717, 1.165) is 154 Å². The van der Waals surface area contributed by atoms with E-state index in [2.05, 4.69) is 125 Å². The van der Waals surface area contributed by atoms with Crippen molar-refractivity contribution in [2.24, 2.45) is 0 Å². The van der Waals surface area contributed by atoms with Crippen molar-refractivity contribution in [1.82, 2.24) is 0 Å². The maximum absolute atomic E-state index is 13.1. The van der Waals surface area contributed by atoms with Crippen LogP contribution in [0.4, 0.5) is 0 Å². The van der Waals surface area contributed by atoms with Gasteiger partial charge in [0, 0.05) is 25.7 Å². The zero-order valence-electron chi connectivity index (χ0n) is 61.4. The summed E-state index contributed by atoms with van der Waals surface area (Å²) in [5, 5.41) is 10.6.